The summed E-state index contributed by atoms with van der Waals surface area (Å²) in [7, 11) is -3.45. The summed E-state index contributed by atoms with van der Waals surface area (Å²) in [6.45, 7) is 1.01. The van der Waals surface area contributed by atoms with Crippen LogP contribution < -0.4 is 0 Å². The van der Waals surface area contributed by atoms with Crippen LogP contribution in [0.2, 0.25) is 0 Å². The van der Waals surface area contributed by atoms with Gasteiger partial charge >= 0.3 is 0 Å². The molecule has 21 heavy (non-hydrogen) atoms. The van der Waals surface area contributed by atoms with E-state index >= 15 is 0 Å². The van der Waals surface area contributed by atoms with Crippen molar-refractivity contribution in [2.45, 2.75) is 24.3 Å². The van der Waals surface area contributed by atoms with Crippen LogP contribution in [0.25, 0.3) is 0 Å². The first-order valence-electron chi connectivity index (χ1n) is 6.90. The van der Waals surface area contributed by atoms with Crippen LogP contribution in [0, 0.1) is 0 Å². The topological polar surface area (TPSA) is 37.4 Å². The second-order valence-electron chi connectivity index (χ2n) is 5.17. The lowest BCUT2D eigenvalue weighted by atomic mass is 10.0. The van der Waals surface area contributed by atoms with Crippen LogP contribution in [0.15, 0.2) is 57.9 Å². The van der Waals surface area contributed by atoms with Gasteiger partial charge in [0.25, 0.3) is 0 Å². The molecule has 0 amide bonds. The lowest BCUT2D eigenvalue weighted by molar-refractivity contribution is 0.410. The van der Waals surface area contributed by atoms with Gasteiger partial charge in [-0.05, 0) is 42.2 Å². The van der Waals surface area contributed by atoms with Gasteiger partial charge in [0.05, 0.1) is 4.90 Å². The number of hydrogen-bond donors (Lipinski definition) is 0. The van der Waals surface area contributed by atoms with E-state index < -0.39 is 10.0 Å². The molecule has 0 saturated carbocycles. The van der Waals surface area contributed by atoms with Crippen molar-refractivity contribution in [2.75, 3.05) is 6.54 Å². The Hall–Kier alpha value is -1.17. The highest BCUT2D eigenvalue weighted by Crippen LogP contribution is 2.25. The van der Waals surface area contributed by atoms with Crippen molar-refractivity contribution in [3.63, 3.8) is 0 Å². The molecule has 0 aliphatic carbocycles. The largest absolute Gasteiger partial charge is 0.243 e. The Morgan fingerprint density at radius 1 is 1.00 bits per heavy atom. The van der Waals surface area contributed by atoms with Gasteiger partial charge in [-0.1, -0.05) is 46.3 Å². The predicted molar refractivity (Wildman–Crippen MR) is 86.5 cm³/mol. The Balaban J connectivity index is 1.96. The van der Waals surface area contributed by atoms with Crippen molar-refractivity contribution in [2.24, 2.45) is 0 Å². The summed E-state index contributed by atoms with van der Waals surface area (Å²) in [5.41, 5.74) is 2.36. The maximum absolute atomic E-state index is 12.8. The van der Waals surface area contributed by atoms with Gasteiger partial charge in [-0.3, -0.25) is 0 Å². The summed E-state index contributed by atoms with van der Waals surface area (Å²) < 4.78 is 28.0. The van der Waals surface area contributed by atoms with Crippen molar-refractivity contribution < 1.29 is 8.42 Å². The summed E-state index contributed by atoms with van der Waals surface area (Å²) in [5, 5.41) is 0. The predicted octanol–water partition coefficient (Wildman–Crippen LogP) is 3.59. The van der Waals surface area contributed by atoms with E-state index in [9.17, 15) is 8.42 Å². The molecular formula is C16H16BrNO2S. The van der Waals surface area contributed by atoms with E-state index in [0.29, 0.717) is 18.0 Å². The standard InChI is InChI=1S/C16H16BrNO2S/c17-15-8-3-9-16(11-15)21(19,20)18-10-4-7-13-5-1-2-6-14(13)12-18/h1-3,5-6,8-9,11H,4,7,10,12H2. The molecule has 0 fully saturated rings. The first kappa shape index (κ1) is 14.8. The fourth-order valence-electron chi connectivity index (χ4n) is 2.65. The van der Waals surface area contributed by atoms with Crippen molar-refractivity contribution in [1.82, 2.24) is 4.31 Å². The second kappa shape index (κ2) is 5.91. The zero-order valence-corrected chi connectivity index (χ0v) is 13.9. The van der Waals surface area contributed by atoms with Gasteiger partial charge in [0.1, 0.15) is 0 Å². The molecule has 0 aromatic heterocycles. The molecule has 5 heteroatoms. The number of rotatable bonds is 2. The quantitative estimate of drug-likeness (QED) is 0.815. The minimum atomic E-state index is -3.45. The fraction of sp³-hybridized carbons (Fsp3) is 0.250. The number of nitrogens with zero attached hydrogens (tertiary/aromatic N) is 1. The molecule has 0 spiro atoms. The number of halogens is 1. The summed E-state index contributed by atoms with van der Waals surface area (Å²) >= 11 is 3.34. The highest BCUT2D eigenvalue weighted by molar-refractivity contribution is 9.10. The molecule has 1 aliphatic heterocycles. The van der Waals surface area contributed by atoms with Crippen LogP contribution in [0.4, 0.5) is 0 Å². The molecule has 110 valence electrons. The molecule has 0 bridgehead atoms. The van der Waals surface area contributed by atoms with Gasteiger partial charge in [-0.25, -0.2) is 8.42 Å². The van der Waals surface area contributed by atoms with Gasteiger partial charge in [0.2, 0.25) is 10.0 Å². The SMILES string of the molecule is O=S(=O)(c1cccc(Br)c1)N1CCCc2ccccc2C1. The maximum atomic E-state index is 12.8. The molecule has 3 nitrogen and oxygen atoms in total. The number of sulfonamides is 1. The lowest BCUT2D eigenvalue weighted by Gasteiger charge is -2.20. The molecule has 0 atom stereocenters. The Labute approximate surface area is 133 Å². The van der Waals surface area contributed by atoms with E-state index in [1.807, 2.05) is 24.3 Å². The molecule has 0 radical (unpaired) electrons. The minimum Gasteiger partial charge on any atom is -0.207 e. The average Bonchev–Trinajstić information content (AvgIpc) is 2.70. The summed E-state index contributed by atoms with van der Waals surface area (Å²) in [4.78, 5) is 0.344. The van der Waals surface area contributed by atoms with Crippen LogP contribution in [0.1, 0.15) is 17.5 Å². The van der Waals surface area contributed by atoms with Gasteiger partial charge in [-0.2, -0.15) is 4.31 Å². The zero-order valence-electron chi connectivity index (χ0n) is 11.5. The first-order valence-corrected chi connectivity index (χ1v) is 9.13. The number of fused-ring (bicyclic) bond motifs is 1. The Morgan fingerprint density at radius 2 is 1.76 bits per heavy atom. The van der Waals surface area contributed by atoms with Crippen molar-refractivity contribution in [1.29, 1.82) is 0 Å². The minimum absolute atomic E-state index is 0.344. The third-order valence-electron chi connectivity index (χ3n) is 3.75. The molecule has 2 aromatic carbocycles. The van der Waals surface area contributed by atoms with E-state index in [0.717, 1.165) is 22.9 Å². The molecule has 0 N–H and O–H groups in total. The van der Waals surface area contributed by atoms with Crippen LogP contribution in [0.5, 0.6) is 0 Å². The number of benzene rings is 2. The summed E-state index contributed by atoms with van der Waals surface area (Å²) in [5.74, 6) is 0. The highest BCUT2D eigenvalue weighted by Gasteiger charge is 2.26. The van der Waals surface area contributed by atoms with Crippen LogP contribution in [-0.2, 0) is 23.0 Å². The van der Waals surface area contributed by atoms with Crippen molar-refractivity contribution in [3.05, 3.63) is 64.1 Å². The molecule has 0 unspecified atom stereocenters. The molecule has 2 aromatic rings. The number of hydrogen-bond acceptors (Lipinski definition) is 2. The van der Waals surface area contributed by atoms with Crippen LogP contribution >= 0.6 is 15.9 Å². The maximum Gasteiger partial charge on any atom is 0.243 e. The fourth-order valence-corrected chi connectivity index (χ4v) is 4.71. The molecule has 0 saturated heterocycles. The molecule has 1 heterocycles. The third-order valence-corrected chi connectivity index (χ3v) is 6.09. The van der Waals surface area contributed by atoms with Gasteiger partial charge in [0.15, 0.2) is 0 Å². The van der Waals surface area contributed by atoms with E-state index in [4.69, 9.17) is 0 Å². The normalized spacial score (nSPS) is 16.2. The Morgan fingerprint density at radius 3 is 2.52 bits per heavy atom. The Kier molecular flexibility index (Phi) is 4.15. The van der Waals surface area contributed by atoms with Gasteiger partial charge in [-0.15, -0.1) is 0 Å². The zero-order chi connectivity index (χ0) is 14.9. The van der Waals surface area contributed by atoms with Gasteiger partial charge < -0.3 is 0 Å². The summed E-state index contributed by atoms with van der Waals surface area (Å²) in [6.07, 6.45) is 1.78. The molecule has 1 aliphatic rings. The summed E-state index contributed by atoms with van der Waals surface area (Å²) in [6, 6.07) is 15.0. The van der Waals surface area contributed by atoms with E-state index in [1.165, 1.54) is 5.56 Å². The molecular weight excluding hydrogens is 350 g/mol. The second-order valence-corrected chi connectivity index (χ2v) is 8.02. The average molecular weight is 366 g/mol. The lowest BCUT2D eigenvalue weighted by Crippen LogP contribution is -2.30. The highest BCUT2D eigenvalue weighted by atomic mass is 79.9. The van der Waals surface area contributed by atoms with E-state index in [1.54, 1.807) is 22.5 Å². The van der Waals surface area contributed by atoms with E-state index in [-0.39, 0.29) is 0 Å². The molecule has 3 rings (SSSR count). The first-order chi connectivity index (χ1) is 10.1. The third kappa shape index (κ3) is 3.05. The monoisotopic (exact) mass is 365 g/mol. The van der Waals surface area contributed by atoms with Crippen LogP contribution in [-0.4, -0.2) is 19.3 Å². The Bertz CT molecular complexity index is 758. The smallest absolute Gasteiger partial charge is 0.207 e. The van der Waals surface area contributed by atoms with Crippen molar-refractivity contribution >= 4 is 26.0 Å². The van der Waals surface area contributed by atoms with Crippen LogP contribution in [0.3, 0.4) is 0 Å². The number of aryl methyl sites for hydroxylation is 1. The van der Waals surface area contributed by atoms with Gasteiger partial charge in [0, 0.05) is 17.6 Å². The van der Waals surface area contributed by atoms with Crippen molar-refractivity contribution in [3.8, 4) is 0 Å². The van der Waals surface area contributed by atoms with E-state index in [2.05, 4.69) is 22.0 Å².